The van der Waals surface area contributed by atoms with Crippen LogP contribution in [0.5, 0.6) is 0 Å². The Morgan fingerprint density at radius 2 is 1.11 bits per heavy atom. The van der Waals surface area contributed by atoms with Crippen molar-refractivity contribution in [3.05, 3.63) is 69.8 Å². The van der Waals surface area contributed by atoms with Gasteiger partial charge in [-0.15, -0.1) is 0 Å². The minimum Gasteiger partial charge on any atom is -0.157 e. The molecule has 0 saturated carbocycles. The van der Waals surface area contributed by atoms with Crippen molar-refractivity contribution in [3.63, 3.8) is 0 Å². The molecule has 0 spiro atoms. The summed E-state index contributed by atoms with van der Waals surface area (Å²) >= 11 is 3.93. The van der Waals surface area contributed by atoms with Crippen molar-refractivity contribution in [2.24, 2.45) is 0 Å². The zero-order chi connectivity index (χ0) is 20.2. The molecule has 27 heavy (non-hydrogen) atoms. The van der Waals surface area contributed by atoms with Crippen molar-refractivity contribution in [1.82, 2.24) is 0 Å². The maximum atomic E-state index is 2.46. The zero-order valence-corrected chi connectivity index (χ0v) is 20.0. The van der Waals surface area contributed by atoms with Gasteiger partial charge in [0.25, 0.3) is 0 Å². The van der Waals surface area contributed by atoms with Crippen LogP contribution in [0.15, 0.2) is 36.4 Å². The molecule has 0 N–H and O–H groups in total. The first-order valence-corrected chi connectivity index (χ1v) is 12.6. The van der Waals surface area contributed by atoms with Gasteiger partial charge in [-0.25, -0.2) is 0 Å². The number of hydrogen-bond acceptors (Lipinski definition) is 2. The number of aryl methyl sites for hydroxylation is 2. The number of rotatable bonds is 8. The summed E-state index contributed by atoms with van der Waals surface area (Å²) in [5.41, 5.74) is 8.66. The lowest BCUT2D eigenvalue weighted by atomic mass is 9.76. The topological polar surface area (TPSA) is 0 Å². The van der Waals surface area contributed by atoms with Crippen LogP contribution in [0.4, 0.5) is 0 Å². The van der Waals surface area contributed by atoms with Gasteiger partial charge in [-0.2, -0.15) is 23.5 Å². The molecular weight excluding hydrogens is 364 g/mol. The second kappa shape index (κ2) is 9.56. The molecule has 2 aromatic carbocycles. The van der Waals surface area contributed by atoms with Gasteiger partial charge in [-0.1, -0.05) is 64.1 Å². The quantitative estimate of drug-likeness (QED) is 0.437. The summed E-state index contributed by atoms with van der Waals surface area (Å²) in [4.78, 5) is 0. The van der Waals surface area contributed by atoms with E-state index in [1.807, 2.05) is 23.5 Å². The number of benzene rings is 2. The van der Waals surface area contributed by atoms with E-state index in [4.69, 9.17) is 0 Å². The molecule has 0 aromatic heterocycles. The summed E-state index contributed by atoms with van der Waals surface area (Å²) < 4.78 is 0. The van der Waals surface area contributed by atoms with E-state index in [1.54, 1.807) is 0 Å². The van der Waals surface area contributed by atoms with Crippen LogP contribution in [0, 0.1) is 13.8 Å². The Labute approximate surface area is 175 Å². The molecule has 2 unspecified atom stereocenters. The average Bonchev–Trinajstić information content (AvgIpc) is 2.66. The highest BCUT2D eigenvalue weighted by Crippen LogP contribution is 2.40. The number of hydrogen-bond donors (Lipinski definition) is 0. The first-order chi connectivity index (χ1) is 12.8. The summed E-state index contributed by atoms with van der Waals surface area (Å²) in [6, 6.07) is 14.2. The van der Waals surface area contributed by atoms with Crippen LogP contribution in [0.25, 0.3) is 0 Å². The molecule has 0 amide bonds. The SMILES string of the molecule is CCC(SC)c1cc(C(C)(C)c2ccc(C)c(C(CC)SC)c2)ccc1C. The summed E-state index contributed by atoms with van der Waals surface area (Å²) in [6.45, 7) is 13.8. The molecule has 0 bridgehead atoms. The van der Waals surface area contributed by atoms with E-state index in [2.05, 4.69) is 90.5 Å². The highest BCUT2D eigenvalue weighted by atomic mass is 32.2. The lowest BCUT2D eigenvalue weighted by molar-refractivity contribution is 0.636. The minimum atomic E-state index is -0.00169. The monoisotopic (exact) mass is 400 g/mol. The average molecular weight is 401 g/mol. The van der Waals surface area contributed by atoms with Crippen LogP contribution in [0.3, 0.4) is 0 Å². The van der Waals surface area contributed by atoms with Crippen LogP contribution < -0.4 is 0 Å². The second-order valence-electron chi connectivity index (χ2n) is 8.03. The van der Waals surface area contributed by atoms with Gasteiger partial charge in [-0.05, 0) is 72.6 Å². The van der Waals surface area contributed by atoms with Crippen molar-refractivity contribution >= 4 is 23.5 Å². The number of thioether (sulfide) groups is 2. The van der Waals surface area contributed by atoms with E-state index >= 15 is 0 Å². The predicted octanol–water partition coefficient (Wildman–Crippen LogP) is 8.26. The van der Waals surface area contributed by atoms with E-state index in [9.17, 15) is 0 Å². The first kappa shape index (κ1) is 22.4. The van der Waals surface area contributed by atoms with Crippen LogP contribution in [-0.2, 0) is 5.41 Å². The highest BCUT2D eigenvalue weighted by Gasteiger charge is 2.26. The molecule has 0 heterocycles. The van der Waals surface area contributed by atoms with Gasteiger partial charge in [-0.3, -0.25) is 0 Å². The molecule has 2 atom stereocenters. The maximum absolute atomic E-state index is 2.46. The Hall–Kier alpha value is -0.860. The second-order valence-corrected chi connectivity index (χ2v) is 10.1. The predicted molar refractivity (Wildman–Crippen MR) is 128 cm³/mol. The van der Waals surface area contributed by atoms with E-state index in [0.717, 1.165) is 0 Å². The van der Waals surface area contributed by atoms with Crippen molar-refractivity contribution in [3.8, 4) is 0 Å². The van der Waals surface area contributed by atoms with Gasteiger partial charge in [0.2, 0.25) is 0 Å². The lowest BCUT2D eigenvalue weighted by Crippen LogP contribution is -2.20. The largest absolute Gasteiger partial charge is 0.157 e. The summed E-state index contributed by atoms with van der Waals surface area (Å²) in [7, 11) is 0. The third-order valence-corrected chi connectivity index (χ3v) is 8.32. The molecule has 2 rings (SSSR count). The maximum Gasteiger partial charge on any atom is 0.0294 e. The van der Waals surface area contributed by atoms with Gasteiger partial charge in [0.05, 0.1) is 0 Å². The lowest BCUT2D eigenvalue weighted by Gasteiger charge is -2.30. The summed E-state index contributed by atoms with van der Waals surface area (Å²) in [6.07, 6.45) is 6.80. The molecule has 0 aliphatic heterocycles. The molecule has 0 fully saturated rings. The minimum absolute atomic E-state index is 0.00169. The molecule has 0 nitrogen and oxygen atoms in total. The fourth-order valence-electron chi connectivity index (χ4n) is 3.95. The highest BCUT2D eigenvalue weighted by molar-refractivity contribution is 7.99. The van der Waals surface area contributed by atoms with Crippen molar-refractivity contribution in [2.75, 3.05) is 12.5 Å². The normalized spacial score (nSPS) is 14.2. The Morgan fingerprint density at radius 3 is 1.41 bits per heavy atom. The third kappa shape index (κ3) is 4.77. The Balaban J connectivity index is 2.53. The Morgan fingerprint density at radius 1 is 0.741 bits per heavy atom. The fraction of sp³-hybridized carbons (Fsp3) is 0.520. The van der Waals surface area contributed by atoms with Crippen LogP contribution >= 0.6 is 23.5 Å². The Kier molecular flexibility index (Phi) is 7.94. The molecule has 0 aliphatic rings. The zero-order valence-electron chi connectivity index (χ0n) is 18.3. The summed E-state index contributed by atoms with van der Waals surface area (Å²) in [5.74, 6) is 0. The fourth-order valence-corrected chi connectivity index (χ4v) is 5.63. The Bertz CT molecular complexity index is 689. The molecule has 0 saturated heterocycles. The van der Waals surface area contributed by atoms with Gasteiger partial charge >= 0.3 is 0 Å². The first-order valence-electron chi connectivity index (χ1n) is 10.1. The molecule has 148 valence electrons. The molecule has 2 heteroatoms. The standard InChI is InChI=1S/C25H36S2/c1-9-23(26-7)21-15-19(13-11-17(21)3)25(5,6)20-14-12-18(4)22(16-20)24(10-2)27-8/h11-16,23-24H,9-10H2,1-8H3. The molecule has 0 aliphatic carbocycles. The van der Waals surface area contributed by atoms with Gasteiger partial charge < -0.3 is 0 Å². The van der Waals surface area contributed by atoms with E-state index in [1.165, 1.54) is 46.2 Å². The smallest absolute Gasteiger partial charge is 0.0294 e. The van der Waals surface area contributed by atoms with E-state index < -0.39 is 0 Å². The van der Waals surface area contributed by atoms with E-state index in [0.29, 0.717) is 10.5 Å². The van der Waals surface area contributed by atoms with Crippen LogP contribution in [0.2, 0.25) is 0 Å². The van der Waals surface area contributed by atoms with E-state index in [-0.39, 0.29) is 5.41 Å². The van der Waals surface area contributed by atoms with Crippen molar-refractivity contribution in [2.45, 2.75) is 70.3 Å². The van der Waals surface area contributed by atoms with Gasteiger partial charge in [0, 0.05) is 15.9 Å². The molecule has 0 radical (unpaired) electrons. The molecule has 2 aromatic rings. The van der Waals surface area contributed by atoms with Gasteiger partial charge in [0.15, 0.2) is 0 Å². The third-order valence-electron chi connectivity index (χ3n) is 6.01. The van der Waals surface area contributed by atoms with Crippen molar-refractivity contribution in [1.29, 1.82) is 0 Å². The summed E-state index contributed by atoms with van der Waals surface area (Å²) in [5, 5.41) is 1.16. The van der Waals surface area contributed by atoms with Crippen LogP contribution in [0.1, 0.15) is 84.4 Å². The van der Waals surface area contributed by atoms with Crippen molar-refractivity contribution < 1.29 is 0 Å². The molecular formula is C25H36S2. The van der Waals surface area contributed by atoms with Gasteiger partial charge in [0.1, 0.15) is 0 Å². The van der Waals surface area contributed by atoms with Crippen LogP contribution in [-0.4, -0.2) is 12.5 Å².